The van der Waals surface area contributed by atoms with E-state index in [4.69, 9.17) is 5.73 Å². The average Bonchev–Trinajstić information content (AvgIpc) is 3.17. The molecule has 0 saturated heterocycles. The molecule has 0 spiro atoms. The summed E-state index contributed by atoms with van der Waals surface area (Å²) >= 11 is 1.44. The second kappa shape index (κ2) is 29.9. The van der Waals surface area contributed by atoms with Gasteiger partial charge in [0, 0.05) is 0 Å². The first-order chi connectivity index (χ1) is 30.0. The van der Waals surface area contributed by atoms with E-state index in [1.54, 1.807) is 27.7 Å². The van der Waals surface area contributed by atoms with E-state index >= 15 is 0 Å². The normalized spacial score (nSPS) is 15.8. The summed E-state index contributed by atoms with van der Waals surface area (Å²) < 4.78 is 0. The molecular weight excluding hydrogens is 859 g/mol. The molecule has 0 saturated carbocycles. The molecule has 0 aromatic carbocycles. The lowest BCUT2D eigenvalue weighted by Crippen LogP contribution is -2.61. The van der Waals surface area contributed by atoms with Crippen LogP contribution in [-0.2, 0) is 43.2 Å². The van der Waals surface area contributed by atoms with Gasteiger partial charge in [-0.1, -0.05) is 83.1 Å². The Labute approximate surface area is 391 Å². The standard InChI is InChI=1S/C45H83N9O10S/c1-22(2)18-31(41(59)52-34(45(63)64)21-25(7)8)50-39(57)30(16-17-65-15)48-40(58)32(19-23(3)4)51-44(62)36(27(11)12)54-42(60)33(20-24(5)6)49-38(56)29(14)47-43(61)35(26(9)10)53-37(55)28(13)46/h22-36H,16-21,46H2,1-15H3,(H,47,61)(H,48,58)(H,49,56)(H,50,57)(H,51,62)(H,52,59)(H,53,55)(H,54,60)(H,63,64)/t28-,29-,30-,31-,32-,33-,34-,35-,36-/m0/s1. The molecule has 8 amide bonds. The molecule has 9 atom stereocenters. The van der Waals surface area contributed by atoms with Gasteiger partial charge >= 0.3 is 5.97 Å². The Balaban J connectivity index is 6.33. The van der Waals surface area contributed by atoms with Crippen LogP contribution in [-0.4, -0.2) is 125 Å². The first-order valence-electron chi connectivity index (χ1n) is 22.9. The molecule has 374 valence electrons. The van der Waals surface area contributed by atoms with E-state index in [1.807, 2.05) is 61.6 Å². The predicted octanol–water partition coefficient (Wildman–Crippen LogP) is 1.57. The molecule has 0 rings (SSSR count). The van der Waals surface area contributed by atoms with Crippen molar-refractivity contribution in [3.05, 3.63) is 0 Å². The highest BCUT2D eigenvalue weighted by Gasteiger charge is 2.36. The van der Waals surface area contributed by atoms with E-state index in [1.165, 1.54) is 25.6 Å². The minimum Gasteiger partial charge on any atom is -0.480 e. The van der Waals surface area contributed by atoms with E-state index in [9.17, 15) is 48.3 Å². The third kappa shape index (κ3) is 23.5. The number of rotatable bonds is 30. The van der Waals surface area contributed by atoms with Crippen LogP contribution in [0.1, 0.15) is 129 Å². The lowest BCUT2D eigenvalue weighted by atomic mass is 9.98. The summed E-state index contributed by atoms with van der Waals surface area (Å²) in [6, 6.07) is -9.73. The van der Waals surface area contributed by atoms with Crippen LogP contribution < -0.4 is 48.3 Å². The number of carbonyl (C=O) groups is 9. The van der Waals surface area contributed by atoms with Crippen molar-refractivity contribution in [1.29, 1.82) is 0 Å². The van der Waals surface area contributed by atoms with E-state index in [0.29, 0.717) is 5.75 Å². The molecule has 65 heavy (non-hydrogen) atoms. The van der Waals surface area contributed by atoms with Gasteiger partial charge in [-0.15, -0.1) is 0 Å². The van der Waals surface area contributed by atoms with Crippen LogP contribution >= 0.6 is 11.8 Å². The van der Waals surface area contributed by atoms with Gasteiger partial charge in [-0.2, -0.15) is 11.8 Å². The summed E-state index contributed by atoms with van der Waals surface area (Å²) in [6.07, 6.45) is 2.75. The lowest BCUT2D eigenvalue weighted by Gasteiger charge is -2.30. The summed E-state index contributed by atoms with van der Waals surface area (Å²) in [6.45, 7) is 24.6. The molecule has 11 N–H and O–H groups in total. The number of aliphatic carboxylic acids is 1. The van der Waals surface area contributed by atoms with Crippen LogP contribution in [0, 0.1) is 35.5 Å². The number of hydrogen-bond acceptors (Lipinski definition) is 11. The highest BCUT2D eigenvalue weighted by atomic mass is 32.2. The zero-order chi connectivity index (χ0) is 50.5. The number of thioether (sulfide) groups is 1. The summed E-state index contributed by atoms with van der Waals surface area (Å²) in [5, 5.41) is 31.2. The molecule has 0 unspecified atom stereocenters. The number of nitrogens with two attached hydrogens (primary N) is 1. The molecule has 0 heterocycles. The van der Waals surface area contributed by atoms with Gasteiger partial charge in [0.2, 0.25) is 47.3 Å². The van der Waals surface area contributed by atoms with Crippen molar-refractivity contribution in [1.82, 2.24) is 42.5 Å². The van der Waals surface area contributed by atoms with E-state index in [0.717, 1.165) is 0 Å². The van der Waals surface area contributed by atoms with Gasteiger partial charge < -0.3 is 53.4 Å². The van der Waals surface area contributed by atoms with E-state index in [2.05, 4.69) is 42.5 Å². The van der Waals surface area contributed by atoms with Crippen molar-refractivity contribution >= 4 is 65.0 Å². The van der Waals surface area contributed by atoms with Crippen LogP contribution in [0.3, 0.4) is 0 Å². The van der Waals surface area contributed by atoms with Crippen molar-refractivity contribution in [3.63, 3.8) is 0 Å². The van der Waals surface area contributed by atoms with E-state index < -0.39 is 114 Å². The van der Waals surface area contributed by atoms with Crippen molar-refractivity contribution < 1.29 is 48.3 Å². The first kappa shape index (κ1) is 60.5. The topological polar surface area (TPSA) is 296 Å². The third-order valence-electron chi connectivity index (χ3n) is 10.2. The molecular formula is C45H83N9O10S. The minimum absolute atomic E-state index is 0.0221. The molecule has 0 radical (unpaired) electrons. The summed E-state index contributed by atoms with van der Waals surface area (Å²) in [4.78, 5) is 120. The highest BCUT2D eigenvalue weighted by molar-refractivity contribution is 7.98. The van der Waals surface area contributed by atoms with Gasteiger partial charge in [0.1, 0.15) is 48.3 Å². The summed E-state index contributed by atoms with van der Waals surface area (Å²) in [5.74, 6) is -6.94. The monoisotopic (exact) mass is 942 g/mol. The number of hydrogen-bond donors (Lipinski definition) is 10. The van der Waals surface area contributed by atoms with Gasteiger partial charge in [0.25, 0.3) is 0 Å². The fourth-order valence-electron chi connectivity index (χ4n) is 6.66. The molecule has 0 aliphatic heterocycles. The van der Waals surface area contributed by atoms with Crippen LogP contribution in [0.5, 0.6) is 0 Å². The van der Waals surface area contributed by atoms with E-state index in [-0.39, 0.29) is 61.7 Å². The fourth-order valence-corrected chi connectivity index (χ4v) is 7.13. The predicted molar refractivity (Wildman–Crippen MR) is 253 cm³/mol. The molecule has 0 aliphatic rings. The van der Waals surface area contributed by atoms with Crippen LogP contribution in [0.4, 0.5) is 0 Å². The van der Waals surface area contributed by atoms with Crippen molar-refractivity contribution in [2.75, 3.05) is 12.0 Å². The fraction of sp³-hybridized carbons (Fsp3) is 0.800. The molecule has 0 bridgehead atoms. The third-order valence-corrected chi connectivity index (χ3v) is 10.9. The molecule has 20 heteroatoms. The minimum atomic E-state index is -1.19. The van der Waals surface area contributed by atoms with Crippen molar-refractivity contribution in [3.8, 4) is 0 Å². The number of nitrogens with one attached hydrogen (secondary N) is 8. The second-order valence-corrected chi connectivity index (χ2v) is 20.4. The van der Waals surface area contributed by atoms with Crippen LogP contribution in [0.2, 0.25) is 0 Å². The van der Waals surface area contributed by atoms with Gasteiger partial charge in [0.15, 0.2) is 0 Å². The Morgan fingerprint density at radius 2 is 0.723 bits per heavy atom. The van der Waals surface area contributed by atoms with Gasteiger partial charge in [-0.05, 0) is 93.5 Å². The van der Waals surface area contributed by atoms with Gasteiger partial charge in [0.05, 0.1) is 6.04 Å². The molecule has 19 nitrogen and oxygen atoms in total. The zero-order valence-corrected chi connectivity index (χ0v) is 42.3. The highest BCUT2D eigenvalue weighted by Crippen LogP contribution is 2.14. The van der Waals surface area contributed by atoms with Crippen LogP contribution in [0.15, 0.2) is 0 Å². The Bertz CT molecular complexity index is 1590. The van der Waals surface area contributed by atoms with Gasteiger partial charge in [-0.25, -0.2) is 4.79 Å². The van der Waals surface area contributed by atoms with Crippen molar-refractivity contribution in [2.45, 2.75) is 183 Å². The largest absolute Gasteiger partial charge is 0.480 e. The summed E-state index contributed by atoms with van der Waals surface area (Å²) in [5.41, 5.74) is 5.66. The Morgan fingerprint density at radius 3 is 1.09 bits per heavy atom. The number of amides is 8. The average molecular weight is 942 g/mol. The Kier molecular flexibility index (Phi) is 27.9. The number of carboxylic acid groups (broad SMARTS) is 1. The SMILES string of the molecule is CSCC[C@H](NC(=O)[C@H](CC(C)C)NC(=O)[C@@H](NC(=O)[C@H](CC(C)C)NC(=O)[C@H](C)NC(=O)[C@@H](NC(=O)[C@H](C)N)C(C)C)C(C)C)C(=O)N[C@@H](CC(C)C)C(=O)N[C@@H](CC(C)C)C(=O)O. The maximum absolute atomic E-state index is 14.0. The summed E-state index contributed by atoms with van der Waals surface area (Å²) in [7, 11) is 0. The Hall–Kier alpha value is -4.46. The van der Waals surface area contributed by atoms with Crippen LogP contribution in [0.25, 0.3) is 0 Å². The molecule has 0 aliphatic carbocycles. The maximum atomic E-state index is 14.0. The number of carbonyl (C=O) groups excluding carboxylic acids is 8. The molecule has 0 fully saturated rings. The molecule has 0 aromatic heterocycles. The second-order valence-electron chi connectivity index (χ2n) is 19.4. The number of carboxylic acids is 1. The smallest absolute Gasteiger partial charge is 0.326 e. The molecule has 0 aromatic rings. The van der Waals surface area contributed by atoms with Crippen molar-refractivity contribution in [2.24, 2.45) is 41.2 Å². The van der Waals surface area contributed by atoms with Gasteiger partial charge in [-0.3, -0.25) is 38.4 Å². The first-order valence-corrected chi connectivity index (χ1v) is 24.3. The lowest BCUT2D eigenvalue weighted by molar-refractivity contribution is -0.143. The maximum Gasteiger partial charge on any atom is 0.326 e. The zero-order valence-electron chi connectivity index (χ0n) is 41.5. The Morgan fingerprint density at radius 1 is 0.415 bits per heavy atom. The quantitative estimate of drug-likeness (QED) is 0.0491.